The van der Waals surface area contributed by atoms with Crippen molar-refractivity contribution < 1.29 is 4.79 Å². The van der Waals surface area contributed by atoms with Crippen molar-refractivity contribution in [3.8, 4) is 5.82 Å². The Morgan fingerprint density at radius 2 is 2.23 bits per heavy atom. The van der Waals surface area contributed by atoms with E-state index in [2.05, 4.69) is 14.8 Å². The summed E-state index contributed by atoms with van der Waals surface area (Å²) in [4.78, 5) is 23.3. The molecule has 0 saturated carbocycles. The molecule has 108 valence electrons. The molecule has 0 saturated heterocycles. The molecule has 6 heteroatoms. The molecule has 2 heterocycles. The Labute approximate surface area is 132 Å². The van der Waals surface area contributed by atoms with E-state index in [1.54, 1.807) is 35.4 Å². The molecule has 1 aromatic carbocycles. The van der Waals surface area contributed by atoms with Gasteiger partial charge in [0.15, 0.2) is 6.29 Å². The Kier molecular flexibility index (Phi) is 3.86. The van der Waals surface area contributed by atoms with Gasteiger partial charge < -0.3 is 4.85 Å². The van der Waals surface area contributed by atoms with Gasteiger partial charge in [-0.3, -0.25) is 9.36 Å². The van der Waals surface area contributed by atoms with Crippen LogP contribution in [0.4, 0.5) is 0 Å². The van der Waals surface area contributed by atoms with Crippen LogP contribution in [0.15, 0.2) is 36.9 Å². The molecule has 0 amide bonds. The summed E-state index contributed by atoms with van der Waals surface area (Å²) >= 11 is 6.26. The number of pyridine rings is 1. The molecule has 0 radical (unpaired) electrons. The number of halogens is 1. The summed E-state index contributed by atoms with van der Waals surface area (Å²) in [5.74, 6) is 0.608. The zero-order valence-electron chi connectivity index (χ0n) is 11.5. The number of carbonyl (C=O) groups is 1. The number of carbonyl (C=O) groups excluding carboxylic acids is 1. The van der Waals surface area contributed by atoms with Crippen LogP contribution in [0, 0.1) is 6.57 Å². The second-order valence-electron chi connectivity index (χ2n) is 4.75. The van der Waals surface area contributed by atoms with E-state index in [1.807, 2.05) is 6.07 Å². The molecule has 22 heavy (non-hydrogen) atoms. The van der Waals surface area contributed by atoms with Crippen molar-refractivity contribution in [2.75, 3.05) is 6.54 Å². The maximum Gasteiger partial charge on any atom is 0.218 e. The molecule has 2 aromatic heterocycles. The van der Waals surface area contributed by atoms with Gasteiger partial charge in [-0.15, -0.1) is 0 Å². The molecule has 0 N–H and O–H groups in total. The Bertz CT molecular complexity index is 881. The molecule has 0 aliphatic carbocycles. The third-order valence-electron chi connectivity index (χ3n) is 3.38. The highest BCUT2D eigenvalue weighted by Crippen LogP contribution is 2.26. The zero-order chi connectivity index (χ0) is 15.5. The summed E-state index contributed by atoms with van der Waals surface area (Å²) in [6, 6.07) is 5.30. The second kappa shape index (κ2) is 5.96. The molecular weight excluding hydrogens is 300 g/mol. The van der Waals surface area contributed by atoms with Gasteiger partial charge in [-0.05, 0) is 23.8 Å². The minimum Gasteiger partial charge on any atom is -0.317 e. The topological polar surface area (TPSA) is 52.1 Å². The van der Waals surface area contributed by atoms with Gasteiger partial charge in [0, 0.05) is 34.8 Å². The van der Waals surface area contributed by atoms with E-state index in [0.29, 0.717) is 34.9 Å². The minimum absolute atomic E-state index is 0.363. The maximum absolute atomic E-state index is 11.4. The molecule has 0 spiro atoms. The maximum atomic E-state index is 11.4. The van der Waals surface area contributed by atoms with E-state index < -0.39 is 0 Å². The molecule has 0 atom stereocenters. The Hall–Kier alpha value is -2.71. The highest BCUT2D eigenvalue weighted by molar-refractivity contribution is 6.32. The first kappa shape index (κ1) is 14.2. The monoisotopic (exact) mass is 310 g/mol. The summed E-state index contributed by atoms with van der Waals surface area (Å²) in [5.41, 5.74) is 2.03. The number of hydrogen-bond acceptors (Lipinski definition) is 3. The fourth-order valence-electron chi connectivity index (χ4n) is 2.30. The normalized spacial score (nSPS) is 10.5. The van der Waals surface area contributed by atoms with Crippen LogP contribution in [0.25, 0.3) is 21.6 Å². The predicted molar refractivity (Wildman–Crippen MR) is 84.4 cm³/mol. The summed E-state index contributed by atoms with van der Waals surface area (Å²) in [6.45, 7) is 7.24. The fraction of sp³-hybridized carbons (Fsp3) is 0.125. The molecule has 0 unspecified atom stereocenters. The van der Waals surface area contributed by atoms with E-state index in [1.165, 1.54) is 0 Å². The molecule has 5 nitrogen and oxygen atoms in total. The largest absolute Gasteiger partial charge is 0.317 e. The molecular formula is C16H11ClN4O. The van der Waals surface area contributed by atoms with E-state index in [0.717, 1.165) is 17.2 Å². The van der Waals surface area contributed by atoms with Crippen LogP contribution < -0.4 is 0 Å². The summed E-state index contributed by atoms with van der Waals surface area (Å²) < 4.78 is 1.73. The van der Waals surface area contributed by atoms with Gasteiger partial charge in [-0.1, -0.05) is 11.6 Å². The van der Waals surface area contributed by atoms with Gasteiger partial charge in [0.05, 0.1) is 5.52 Å². The Morgan fingerprint density at radius 1 is 1.36 bits per heavy atom. The molecule has 0 bridgehead atoms. The second-order valence-corrected chi connectivity index (χ2v) is 5.16. The SMILES string of the molecule is [C-]#[N+]CCc1cc2c(C=O)cc(-n3ccnc3)nc2cc1Cl. The number of nitrogens with zero attached hydrogens (tertiary/aromatic N) is 4. The van der Waals surface area contributed by atoms with Gasteiger partial charge in [0.25, 0.3) is 0 Å². The average Bonchev–Trinajstić information content (AvgIpc) is 3.06. The van der Waals surface area contributed by atoms with E-state index in [9.17, 15) is 4.79 Å². The Morgan fingerprint density at radius 3 is 2.91 bits per heavy atom. The lowest BCUT2D eigenvalue weighted by molar-refractivity contribution is 0.112. The standard InChI is InChI=1S/C16H11ClN4O/c1-18-3-2-11-6-13-12(9-22)7-16(21-5-4-19-10-21)20-15(13)8-14(11)17/h4-10H,2-3H2. The number of fused-ring (bicyclic) bond motifs is 1. The first-order valence-electron chi connectivity index (χ1n) is 6.63. The van der Waals surface area contributed by atoms with E-state index in [-0.39, 0.29) is 0 Å². The number of rotatable bonds is 4. The molecule has 0 aliphatic heterocycles. The molecule has 3 rings (SSSR count). The van der Waals surface area contributed by atoms with Crippen molar-refractivity contribution in [3.63, 3.8) is 0 Å². The zero-order valence-corrected chi connectivity index (χ0v) is 12.3. The van der Waals surface area contributed by atoms with Crippen molar-refractivity contribution in [2.24, 2.45) is 0 Å². The average molecular weight is 311 g/mol. The lowest BCUT2D eigenvalue weighted by Gasteiger charge is -2.09. The number of imidazole rings is 1. The number of aromatic nitrogens is 3. The molecule has 0 aliphatic rings. The number of aldehydes is 1. The lowest BCUT2D eigenvalue weighted by atomic mass is 10.0. The van der Waals surface area contributed by atoms with Crippen molar-refractivity contribution in [1.29, 1.82) is 0 Å². The highest BCUT2D eigenvalue weighted by atomic mass is 35.5. The smallest absolute Gasteiger partial charge is 0.218 e. The van der Waals surface area contributed by atoms with Crippen LogP contribution in [-0.2, 0) is 6.42 Å². The van der Waals surface area contributed by atoms with Gasteiger partial charge in [0.1, 0.15) is 12.1 Å². The summed E-state index contributed by atoms with van der Waals surface area (Å²) in [6.07, 6.45) is 6.38. The third kappa shape index (κ3) is 2.57. The van der Waals surface area contributed by atoms with Crippen LogP contribution in [0.5, 0.6) is 0 Å². The molecule has 3 aromatic rings. The van der Waals surface area contributed by atoms with Gasteiger partial charge in [-0.2, -0.15) is 0 Å². The molecule has 0 fully saturated rings. The van der Waals surface area contributed by atoms with E-state index in [4.69, 9.17) is 18.2 Å². The number of benzene rings is 1. The van der Waals surface area contributed by atoms with Crippen LogP contribution in [-0.4, -0.2) is 27.4 Å². The van der Waals surface area contributed by atoms with Crippen LogP contribution in [0.2, 0.25) is 5.02 Å². The van der Waals surface area contributed by atoms with Crippen LogP contribution in [0.1, 0.15) is 15.9 Å². The van der Waals surface area contributed by atoms with Crippen molar-refractivity contribution in [3.05, 3.63) is 64.5 Å². The van der Waals surface area contributed by atoms with E-state index >= 15 is 0 Å². The lowest BCUT2D eigenvalue weighted by Crippen LogP contribution is -1.99. The minimum atomic E-state index is 0.363. The summed E-state index contributed by atoms with van der Waals surface area (Å²) in [7, 11) is 0. The van der Waals surface area contributed by atoms with Crippen molar-refractivity contribution in [2.45, 2.75) is 6.42 Å². The van der Waals surface area contributed by atoms with Gasteiger partial charge in [0.2, 0.25) is 6.54 Å². The van der Waals surface area contributed by atoms with Crippen LogP contribution >= 0.6 is 11.6 Å². The van der Waals surface area contributed by atoms with Crippen molar-refractivity contribution in [1.82, 2.24) is 14.5 Å². The van der Waals surface area contributed by atoms with Gasteiger partial charge in [-0.25, -0.2) is 16.5 Å². The van der Waals surface area contributed by atoms with Crippen LogP contribution in [0.3, 0.4) is 0 Å². The summed E-state index contributed by atoms with van der Waals surface area (Å²) in [5, 5.41) is 1.30. The van der Waals surface area contributed by atoms with Crippen molar-refractivity contribution >= 4 is 28.8 Å². The fourth-order valence-corrected chi connectivity index (χ4v) is 2.55. The Balaban J connectivity index is 2.20. The first-order valence-corrected chi connectivity index (χ1v) is 7.00. The quantitative estimate of drug-likeness (QED) is 0.548. The highest BCUT2D eigenvalue weighted by Gasteiger charge is 2.11. The third-order valence-corrected chi connectivity index (χ3v) is 3.74. The first-order chi connectivity index (χ1) is 10.7. The van der Waals surface area contributed by atoms with Gasteiger partial charge >= 0.3 is 0 Å². The predicted octanol–water partition coefficient (Wildman–Crippen LogP) is 3.35. The number of hydrogen-bond donors (Lipinski definition) is 0.